The van der Waals surface area contributed by atoms with Crippen LogP contribution in [0.4, 0.5) is 4.79 Å². The zero-order valence-electron chi connectivity index (χ0n) is 13.5. The van der Waals surface area contributed by atoms with Gasteiger partial charge in [-0.15, -0.1) is 11.3 Å². The standard InChI is InChI=1S/C15H25N3O2S2/c1-4-22(20)13-7-5-6-12(8-13)18-15(19)16-9-14-17-10(2)11(3)21-14/h12-13H,4-9H2,1-3H3,(H2,16,18,19)/t12-,13-,22+/m0/s1. The van der Waals surface area contributed by atoms with Crippen molar-refractivity contribution in [2.24, 2.45) is 0 Å². The van der Waals surface area contributed by atoms with E-state index in [1.165, 1.54) is 4.88 Å². The number of nitrogens with zero attached hydrogens (tertiary/aromatic N) is 1. The first kappa shape index (κ1) is 17.4. The minimum absolute atomic E-state index is 0.133. The Bertz CT molecular complexity index is 525. The Morgan fingerprint density at radius 3 is 2.82 bits per heavy atom. The molecule has 0 unspecified atom stereocenters. The second kappa shape index (κ2) is 8.06. The molecule has 0 aliphatic heterocycles. The van der Waals surface area contributed by atoms with Gasteiger partial charge in [-0.1, -0.05) is 13.3 Å². The molecule has 7 heteroatoms. The third-order valence-corrected chi connectivity index (χ3v) is 6.90. The van der Waals surface area contributed by atoms with Crippen LogP contribution in [0.25, 0.3) is 0 Å². The van der Waals surface area contributed by atoms with Crippen LogP contribution in [0.15, 0.2) is 0 Å². The highest BCUT2D eigenvalue weighted by Gasteiger charge is 2.26. The van der Waals surface area contributed by atoms with E-state index in [2.05, 4.69) is 15.6 Å². The van der Waals surface area contributed by atoms with Crippen LogP contribution in [0.5, 0.6) is 0 Å². The second-order valence-electron chi connectivity index (χ2n) is 5.73. The van der Waals surface area contributed by atoms with Crippen molar-refractivity contribution in [2.45, 2.75) is 64.3 Å². The number of hydrogen-bond donors (Lipinski definition) is 2. The van der Waals surface area contributed by atoms with Crippen molar-refractivity contribution in [2.75, 3.05) is 5.75 Å². The summed E-state index contributed by atoms with van der Waals surface area (Å²) in [6.07, 6.45) is 3.84. The van der Waals surface area contributed by atoms with E-state index in [0.29, 0.717) is 12.3 Å². The number of rotatable bonds is 5. The number of aryl methyl sites for hydroxylation is 2. The molecular weight excluding hydrogens is 318 g/mol. The molecule has 0 saturated heterocycles. The molecule has 5 nitrogen and oxygen atoms in total. The average molecular weight is 344 g/mol. The van der Waals surface area contributed by atoms with Gasteiger partial charge in [-0.3, -0.25) is 4.21 Å². The summed E-state index contributed by atoms with van der Waals surface area (Å²) in [4.78, 5) is 17.6. The van der Waals surface area contributed by atoms with Crippen molar-refractivity contribution < 1.29 is 9.00 Å². The highest BCUT2D eigenvalue weighted by molar-refractivity contribution is 7.85. The Morgan fingerprint density at radius 1 is 1.41 bits per heavy atom. The molecule has 0 spiro atoms. The van der Waals surface area contributed by atoms with E-state index >= 15 is 0 Å². The van der Waals surface area contributed by atoms with Gasteiger partial charge in [-0.05, 0) is 33.1 Å². The highest BCUT2D eigenvalue weighted by Crippen LogP contribution is 2.23. The lowest BCUT2D eigenvalue weighted by Gasteiger charge is -2.29. The lowest BCUT2D eigenvalue weighted by atomic mass is 9.95. The molecule has 1 saturated carbocycles. The van der Waals surface area contributed by atoms with E-state index in [-0.39, 0.29) is 17.3 Å². The Morgan fingerprint density at radius 2 is 2.18 bits per heavy atom. The predicted octanol–water partition coefficient (Wildman–Crippen LogP) is 2.64. The molecule has 0 aromatic carbocycles. The number of carbonyl (C=O) groups is 1. The summed E-state index contributed by atoms with van der Waals surface area (Å²) in [5, 5.41) is 7.04. The minimum Gasteiger partial charge on any atom is -0.335 e. The van der Waals surface area contributed by atoms with Crippen molar-refractivity contribution in [1.82, 2.24) is 15.6 Å². The zero-order chi connectivity index (χ0) is 16.1. The molecule has 1 aromatic heterocycles. The topological polar surface area (TPSA) is 71.1 Å². The Labute approximate surface area is 138 Å². The molecule has 1 heterocycles. The van der Waals surface area contributed by atoms with Crippen LogP contribution in [0.1, 0.15) is 48.2 Å². The smallest absolute Gasteiger partial charge is 0.315 e. The molecule has 2 rings (SSSR count). The lowest BCUT2D eigenvalue weighted by Crippen LogP contribution is -2.45. The van der Waals surface area contributed by atoms with Gasteiger partial charge >= 0.3 is 6.03 Å². The van der Waals surface area contributed by atoms with E-state index in [4.69, 9.17) is 0 Å². The molecule has 0 radical (unpaired) electrons. The number of carbonyl (C=O) groups excluding carboxylic acids is 1. The SMILES string of the molecule is CC[S@@](=O)[C@H]1CCC[C@H](NC(=O)NCc2nc(C)c(C)s2)C1. The summed E-state index contributed by atoms with van der Waals surface area (Å²) in [5.74, 6) is 0.701. The number of hydrogen-bond acceptors (Lipinski definition) is 4. The van der Waals surface area contributed by atoms with Crippen LogP contribution in [0, 0.1) is 13.8 Å². The maximum absolute atomic E-state index is 12.0. The van der Waals surface area contributed by atoms with E-state index in [1.807, 2.05) is 20.8 Å². The molecule has 0 bridgehead atoms. The molecule has 1 aromatic rings. The molecule has 1 fully saturated rings. The Kier molecular flexibility index (Phi) is 6.37. The maximum atomic E-state index is 12.0. The molecule has 22 heavy (non-hydrogen) atoms. The van der Waals surface area contributed by atoms with E-state index in [1.54, 1.807) is 11.3 Å². The first-order chi connectivity index (χ1) is 10.5. The van der Waals surface area contributed by atoms with Crippen LogP contribution in [0.3, 0.4) is 0 Å². The van der Waals surface area contributed by atoms with E-state index in [9.17, 15) is 9.00 Å². The largest absolute Gasteiger partial charge is 0.335 e. The summed E-state index contributed by atoms with van der Waals surface area (Å²) in [5.41, 5.74) is 1.03. The van der Waals surface area contributed by atoms with E-state index < -0.39 is 10.8 Å². The highest BCUT2D eigenvalue weighted by atomic mass is 32.2. The third kappa shape index (κ3) is 4.78. The van der Waals surface area contributed by atoms with Gasteiger partial charge in [0.05, 0.1) is 12.2 Å². The van der Waals surface area contributed by atoms with Crippen LogP contribution >= 0.6 is 11.3 Å². The fourth-order valence-electron chi connectivity index (χ4n) is 2.76. The summed E-state index contributed by atoms with van der Waals surface area (Å²) in [6.45, 7) is 6.43. The van der Waals surface area contributed by atoms with Crippen molar-refractivity contribution >= 4 is 28.2 Å². The minimum atomic E-state index is -0.762. The quantitative estimate of drug-likeness (QED) is 0.863. The number of aromatic nitrogens is 1. The molecular formula is C15H25N3O2S2. The van der Waals surface area contributed by atoms with Gasteiger partial charge in [0.25, 0.3) is 0 Å². The summed E-state index contributed by atoms with van der Waals surface area (Å²) in [6, 6.07) is -0.0209. The first-order valence-corrected chi connectivity index (χ1v) is 10.0. The fourth-order valence-corrected chi connectivity index (χ4v) is 4.98. The van der Waals surface area contributed by atoms with Crippen molar-refractivity contribution in [3.8, 4) is 0 Å². The molecule has 1 aliphatic carbocycles. The maximum Gasteiger partial charge on any atom is 0.315 e. The number of amides is 2. The van der Waals surface area contributed by atoms with Gasteiger partial charge in [0, 0.05) is 32.7 Å². The number of nitrogens with one attached hydrogen (secondary N) is 2. The molecule has 2 amide bonds. The molecule has 3 atom stereocenters. The number of urea groups is 1. The molecule has 1 aliphatic rings. The monoisotopic (exact) mass is 343 g/mol. The normalized spacial score (nSPS) is 23.0. The predicted molar refractivity (Wildman–Crippen MR) is 91.7 cm³/mol. The van der Waals surface area contributed by atoms with Gasteiger partial charge in [0.1, 0.15) is 5.01 Å². The Balaban J connectivity index is 1.77. The Hall–Kier alpha value is -0.950. The lowest BCUT2D eigenvalue weighted by molar-refractivity contribution is 0.232. The molecule has 2 N–H and O–H groups in total. The second-order valence-corrected chi connectivity index (χ2v) is 9.02. The van der Waals surface area contributed by atoms with Crippen molar-refractivity contribution in [3.63, 3.8) is 0 Å². The van der Waals surface area contributed by atoms with Gasteiger partial charge in [-0.2, -0.15) is 0 Å². The summed E-state index contributed by atoms with van der Waals surface area (Å²) in [7, 11) is -0.762. The van der Waals surface area contributed by atoms with Crippen LogP contribution in [0.2, 0.25) is 0 Å². The van der Waals surface area contributed by atoms with Crippen molar-refractivity contribution in [3.05, 3.63) is 15.6 Å². The summed E-state index contributed by atoms with van der Waals surface area (Å²) >= 11 is 1.62. The van der Waals surface area contributed by atoms with Crippen LogP contribution in [-0.2, 0) is 17.3 Å². The zero-order valence-corrected chi connectivity index (χ0v) is 15.1. The first-order valence-electron chi connectivity index (χ1n) is 7.84. The van der Waals surface area contributed by atoms with Gasteiger partial charge in [0.2, 0.25) is 0 Å². The molecule has 124 valence electrons. The van der Waals surface area contributed by atoms with E-state index in [0.717, 1.165) is 36.4 Å². The van der Waals surface area contributed by atoms with Crippen LogP contribution < -0.4 is 10.6 Å². The van der Waals surface area contributed by atoms with Gasteiger partial charge in [0.15, 0.2) is 0 Å². The van der Waals surface area contributed by atoms with Crippen LogP contribution in [-0.4, -0.2) is 32.3 Å². The average Bonchev–Trinajstić information content (AvgIpc) is 2.83. The fraction of sp³-hybridized carbons (Fsp3) is 0.733. The van der Waals surface area contributed by atoms with Gasteiger partial charge < -0.3 is 10.6 Å². The third-order valence-electron chi connectivity index (χ3n) is 4.09. The number of thiazole rings is 1. The van der Waals surface area contributed by atoms with Crippen molar-refractivity contribution in [1.29, 1.82) is 0 Å². The summed E-state index contributed by atoms with van der Waals surface area (Å²) < 4.78 is 11.9. The van der Waals surface area contributed by atoms with Gasteiger partial charge in [-0.25, -0.2) is 9.78 Å².